The number of carboxylic acid groups (broad SMARTS) is 1. The normalized spacial score (nSPS) is 21.1. The number of likely N-dealkylation sites (tertiary alicyclic amines) is 1. The van der Waals surface area contributed by atoms with Gasteiger partial charge in [0.15, 0.2) is 5.82 Å². The summed E-state index contributed by atoms with van der Waals surface area (Å²) in [5.74, 6) is 0.885. The van der Waals surface area contributed by atoms with Gasteiger partial charge in [-0.05, 0) is 25.3 Å². The monoisotopic (exact) mass is 253 g/mol. The molecule has 0 bridgehead atoms. The topological polar surface area (TPSA) is 79.5 Å². The van der Waals surface area contributed by atoms with Gasteiger partial charge in [0, 0.05) is 19.4 Å². The van der Waals surface area contributed by atoms with Crippen molar-refractivity contribution in [3.8, 4) is 0 Å². The van der Waals surface area contributed by atoms with E-state index in [1.165, 1.54) is 0 Å². The largest absolute Gasteiger partial charge is 0.481 e. The van der Waals surface area contributed by atoms with E-state index in [0.717, 1.165) is 32.4 Å². The molecule has 2 rings (SSSR count). The fraction of sp³-hybridized carbons (Fsp3) is 0.750. The number of hydrogen-bond acceptors (Lipinski definition) is 5. The summed E-state index contributed by atoms with van der Waals surface area (Å²) in [5.41, 5.74) is 0. The van der Waals surface area contributed by atoms with E-state index < -0.39 is 5.97 Å². The molecule has 1 aromatic heterocycles. The molecule has 18 heavy (non-hydrogen) atoms. The van der Waals surface area contributed by atoms with E-state index in [0.29, 0.717) is 18.3 Å². The Balaban J connectivity index is 1.87. The van der Waals surface area contributed by atoms with Gasteiger partial charge in [0.25, 0.3) is 0 Å². The fourth-order valence-corrected chi connectivity index (χ4v) is 2.41. The highest BCUT2D eigenvalue weighted by molar-refractivity contribution is 5.67. The van der Waals surface area contributed by atoms with Crippen LogP contribution in [-0.4, -0.2) is 39.2 Å². The number of nitrogens with zero attached hydrogens (tertiary/aromatic N) is 3. The highest BCUT2D eigenvalue weighted by Gasteiger charge is 2.23. The molecule has 0 saturated carbocycles. The molecular formula is C12H19N3O3. The average Bonchev–Trinajstić information content (AvgIpc) is 2.76. The molecule has 6 nitrogen and oxygen atoms in total. The maximum atomic E-state index is 10.7. The Morgan fingerprint density at radius 1 is 1.61 bits per heavy atom. The van der Waals surface area contributed by atoms with E-state index in [9.17, 15) is 4.79 Å². The second-order valence-electron chi connectivity index (χ2n) is 4.80. The molecule has 1 N–H and O–H groups in total. The summed E-state index contributed by atoms with van der Waals surface area (Å²) < 4.78 is 5.06. The molecule has 1 saturated heterocycles. The van der Waals surface area contributed by atoms with Crippen molar-refractivity contribution in [2.45, 2.75) is 39.2 Å². The number of piperidine rings is 1. The van der Waals surface area contributed by atoms with Crippen molar-refractivity contribution in [3.63, 3.8) is 0 Å². The Hall–Kier alpha value is -1.43. The van der Waals surface area contributed by atoms with E-state index >= 15 is 0 Å². The molecule has 0 amide bonds. The predicted octanol–water partition coefficient (Wildman–Crippen LogP) is 1.32. The molecule has 0 spiro atoms. The van der Waals surface area contributed by atoms with Crippen LogP contribution in [0.25, 0.3) is 0 Å². The van der Waals surface area contributed by atoms with Crippen molar-refractivity contribution in [2.24, 2.45) is 5.92 Å². The minimum Gasteiger partial charge on any atom is -0.481 e. The van der Waals surface area contributed by atoms with Crippen LogP contribution in [-0.2, 0) is 17.8 Å². The second kappa shape index (κ2) is 5.95. The number of hydrogen-bond donors (Lipinski definition) is 1. The van der Waals surface area contributed by atoms with E-state index in [-0.39, 0.29) is 12.3 Å². The molecule has 1 aliphatic heterocycles. The lowest BCUT2D eigenvalue weighted by Gasteiger charge is -2.30. The molecule has 1 unspecified atom stereocenters. The van der Waals surface area contributed by atoms with Crippen LogP contribution in [0.3, 0.4) is 0 Å². The molecule has 0 radical (unpaired) electrons. The van der Waals surface area contributed by atoms with Crippen molar-refractivity contribution in [3.05, 3.63) is 11.7 Å². The Bertz CT molecular complexity index is 405. The maximum Gasteiger partial charge on any atom is 0.303 e. The number of rotatable bonds is 5. The molecule has 100 valence electrons. The average molecular weight is 253 g/mol. The van der Waals surface area contributed by atoms with Gasteiger partial charge in [0.2, 0.25) is 5.89 Å². The highest BCUT2D eigenvalue weighted by Crippen LogP contribution is 2.20. The van der Waals surface area contributed by atoms with Gasteiger partial charge in [0.1, 0.15) is 0 Å². The van der Waals surface area contributed by atoms with E-state index in [4.69, 9.17) is 9.63 Å². The van der Waals surface area contributed by atoms with Gasteiger partial charge < -0.3 is 9.63 Å². The van der Waals surface area contributed by atoms with Gasteiger partial charge in [-0.15, -0.1) is 0 Å². The molecule has 1 aliphatic rings. The third-order valence-corrected chi connectivity index (χ3v) is 3.24. The number of carbonyl (C=O) groups is 1. The smallest absolute Gasteiger partial charge is 0.303 e. The molecule has 1 fully saturated rings. The zero-order valence-electron chi connectivity index (χ0n) is 10.6. The van der Waals surface area contributed by atoms with Crippen LogP contribution in [0.5, 0.6) is 0 Å². The number of aliphatic carboxylic acids is 1. The summed E-state index contributed by atoms with van der Waals surface area (Å²) in [6.45, 7) is 4.41. The second-order valence-corrected chi connectivity index (χ2v) is 4.80. The standard InChI is InChI=1S/C12H19N3O3/c1-2-11-13-10(14-18-11)8-15-5-3-4-9(7-15)6-12(16)17/h9H,2-8H2,1H3,(H,16,17). The quantitative estimate of drug-likeness (QED) is 0.852. The first kappa shape index (κ1) is 13.0. The van der Waals surface area contributed by atoms with Crippen molar-refractivity contribution in [2.75, 3.05) is 13.1 Å². The zero-order valence-corrected chi connectivity index (χ0v) is 10.6. The molecule has 0 aromatic carbocycles. The van der Waals surface area contributed by atoms with Gasteiger partial charge >= 0.3 is 5.97 Å². The van der Waals surface area contributed by atoms with Crippen LogP contribution in [0.4, 0.5) is 0 Å². The lowest BCUT2D eigenvalue weighted by Crippen LogP contribution is -2.36. The van der Waals surface area contributed by atoms with Crippen molar-refractivity contribution in [1.29, 1.82) is 0 Å². The van der Waals surface area contributed by atoms with Crippen LogP contribution < -0.4 is 0 Å². The zero-order chi connectivity index (χ0) is 13.0. The Morgan fingerprint density at radius 3 is 3.11 bits per heavy atom. The molecule has 6 heteroatoms. The van der Waals surface area contributed by atoms with Crippen LogP contribution in [0.15, 0.2) is 4.52 Å². The first-order valence-electron chi connectivity index (χ1n) is 6.43. The minimum absolute atomic E-state index is 0.244. The third-order valence-electron chi connectivity index (χ3n) is 3.24. The van der Waals surface area contributed by atoms with Crippen molar-refractivity contribution >= 4 is 5.97 Å². The summed E-state index contributed by atoms with van der Waals surface area (Å²) in [5, 5.41) is 12.7. The van der Waals surface area contributed by atoms with Gasteiger partial charge in [-0.2, -0.15) is 4.98 Å². The number of carboxylic acids is 1. The fourth-order valence-electron chi connectivity index (χ4n) is 2.41. The molecule has 1 atom stereocenters. The van der Waals surface area contributed by atoms with Crippen molar-refractivity contribution < 1.29 is 14.4 Å². The Kier molecular flexibility index (Phi) is 4.30. The first-order chi connectivity index (χ1) is 8.67. The molecule has 1 aromatic rings. The number of aromatic nitrogens is 2. The van der Waals surface area contributed by atoms with Crippen LogP contribution in [0.1, 0.15) is 37.9 Å². The van der Waals surface area contributed by atoms with E-state index in [1.54, 1.807) is 0 Å². The van der Waals surface area contributed by atoms with E-state index in [1.807, 2.05) is 6.92 Å². The summed E-state index contributed by atoms with van der Waals surface area (Å²) in [6, 6.07) is 0. The van der Waals surface area contributed by atoms with Crippen LogP contribution >= 0.6 is 0 Å². The maximum absolute atomic E-state index is 10.7. The highest BCUT2D eigenvalue weighted by atomic mass is 16.5. The predicted molar refractivity (Wildman–Crippen MR) is 63.9 cm³/mol. The van der Waals surface area contributed by atoms with Gasteiger partial charge in [-0.3, -0.25) is 9.69 Å². The van der Waals surface area contributed by atoms with Crippen LogP contribution in [0.2, 0.25) is 0 Å². The van der Waals surface area contributed by atoms with Gasteiger partial charge in [0.05, 0.1) is 6.54 Å². The van der Waals surface area contributed by atoms with Crippen molar-refractivity contribution in [1.82, 2.24) is 15.0 Å². The SMILES string of the molecule is CCc1nc(CN2CCCC(CC(=O)O)C2)no1. The third kappa shape index (κ3) is 3.53. The summed E-state index contributed by atoms with van der Waals surface area (Å²) in [7, 11) is 0. The Morgan fingerprint density at radius 2 is 2.44 bits per heavy atom. The van der Waals surface area contributed by atoms with Gasteiger partial charge in [-0.1, -0.05) is 12.1 Å². The van der Waals surface area contributed by atoms with Gasteiger partial charge in [-0.25, -0.2) is 0 Å². The Labute approximate surface area is 106 Å². The summed E-state index contributed by atoms with van der Waals surface area (Å²) >= 11 is 0. The molecule has 0 aliphatic carbocycles. The summed E-state index contributed by atoms with van der Waals surface area (Å²) in [6.07, 6.45) is 3.03. The minimum atomic E-state index is -0.713. The molecule has 2 heterocycles. The summed E-state index contributed by atoms with van der Waals surface area (Å²) in [4.78, 5) is 17.2. The molecular weight excluding hydrogens is 234 g/mol. The van der Waals surface area contributed by atoms with E-state index in [2.05, 4.69) is 15.0 Å². The number of aryl methyl sites for hydroxylation is 1. The van der Waals surface area contributed by atoms with Crippen LogP contribution in [0, 0.1) is 5.92 Å². The lowest BCUT2D eigenvalue weighted by atomic mass is 9.95. The first-order valence-corrected chi connectivity index (χ1v) is 6.43. The lowest BCUT2D eigenvalue weighted by molar-refractivity contribution is -0.138.